The lowest BCUT2D eigenvalue weighted by Crippen LogP contribution is -2.26. The summed E-state index contributed by atoms with van der Waals surface area (Å²) in [5, 5.41) is 2.93. The number of carbonyl (C=O) groups excluding carboxylic acids is 1. The van der Waals surface area contributed by atoms with E-state index in [0.717, 1.165) is 16.7 Å². The fourth-order valence-corrected chi connectivity index (χ4v) is 4.64. The number of aryl methyl sites for hydroxylation is 2. The largest absolute Gasteiger partial charge is 0.493 e. The van der Waals surface area contributed by atoms with Crippen molar-refractivity contribution in [3.63, 3.8) is 0 Å². The lowest BCUT2D eigenvalue weighted by Gasteiger charge is -2.19. The first-order chi connectivity index (χ1) is 16.6. The maximum Gasteiger partial charge on any atom is 0.261 e. The summed E-state index contributed by atoms with van der Waals surface area (Å²) in [6.07, 6.45) is 0. The summed E-state index contributed by atoms with van der Waals surface area (Å²) in [6, 6.07) is 14.4. The standard InChI is InChI=1S/C26H30N2O6S/c1-16-7-12-22(13-17(16)2)35(30,31)28-21-10-8-19(9-11-21)26(29)27-18(3)20-14-23(32-4)25(34-6)24(15-20)33-5/h7-15,18,28H,1-6H3,(H,27,29). The van der Waals surface area contributed by atoms with E-state index >= 15 is 0 Å². The van der Waals surface area contributed by atoms with E-state index in [1.54, 1.807) is 54.6 Å². The molecule has 9 heteroatoms. The normalized spacial score (nSPS) is 11.9. The Morgan fingerprint density at radius 1 is 0.829 bits per heavy atom. The smallest absolute Gasteiger partial charge is 0.261 e. The fourth-order valence-electron chi connectivity index (χ4n) is 3.50. The molecule has 0 saturated carbocycles. The molecule has 1 atom stereocenters. The van der Waals surface area contributed by atoms with Crippen molar-refractivity contribution in [2.75, 3.05) is 26.1 Å². The van der Waals surface area contributed by atoms with Crippen molar-refractivity contribution in [1.29, 1.82) is 0 Å². The molecule has 0 saturated heterocycles. The molecule has 0 aromatic heterocycles. The SMILES string of the molecule is COc1cc(C(C)NC(=O)c2ccc(NS(=O)(=O)c3ccc(C)c(C)c3)cc2)cc(OC)c1OC. The minimum absolute atomic E-state index is 0.182. The van der Waals surface area contributed by atoms with Crippen LogP contribution in [-0.2, 0) is 10.0 Å². The number of hydrogen-bond acceptors (Lipinski definition) is 6. The van der Waals surface area contributed by atoms with Gasteiger partial charge in [-0.1, -0.05) is 6.07 Å². The molecule has 1 unspecified atom stereocenters. The van der Waals surface area contributed by atoms with Crippen LogP contribution in [0.15, 0.2) is 59.5 Å². The Kier molecular flexibility index (Phi) is 7.91. The summed E-state index contributed by atoms with van der Waals surface area (Å²) in [5.41, 5.74) is 3.42. The zero-order chi connectivity index (χ0) is 25.8. The molecule has 2 N–H and O–H groups in total. The number of amides is 1. The number of sulfonamides is 1. The maximum absolute atomic E-state index is 12.8. The third kappa shape index (κ3) is 5.86. The number of rotatable bonds is 9. The molecule has 1 amide bonds. The van der Waals surface area contributed by atoms with Gasteiger partial charge in [-0.3, -0.25) is 9.52 Å². The molecule has 0 fully saturated rings. The van der Waals surface area contributed by atoms with E-state index in [0.29, 0.717) is 28.5 Å². The minimum Gasteiger partial charge on any atom is -0.493 e. The van der Waals surface area contributed by atoms with Gasteiger partial charge in [-0.25, -0.2) is 8.42 Å². The number of anilines is 1. The quantitative estimate of drug-likeness (QED) is 0.446. The van der Waals surface area contributed by atoms with Gasteiger partial charge in [-0.05, 0) is 86.0 Å². The fraction of sp³-hybridized carbons (Fsp3) is 0.269. The van der Waals surface area contributed by atoms with Crippen molar-refractivity contribution >= 4 is 21.6 Å². The highest BCUT2D eigenvalue weighted by atomic mass is 32.2. The number of ether oxygens (including phenoxy) is 3. The van der Waals surface area contributed by atoms with Gasteiger partial charge in [0, 0.05) is 11.3 Å². The van der Waals surface area contributed by atoms with Crippen LogP contribution in [0.2, 0.25) is 0 Å². The van der Waals surface area contributed by atoms with E-state index in [1.807, 2.05) is 20.8 Å². The zero-order valence-corrected chi connectivity index (χ0v) is 21.4. The number of methoxy groups -OCH3 is 3. The van der Waals surface area contributed by atoms with E-state index in [4.69, 9.17) is 14.2 Å². The van der Waals surface area contributed by atoms with Gasteiger partial charge < -0.3 is 19.5 Å². The predicted octanol–water partition coefficient (Wildman–Crippen LogP) is 4.62. The van der Waals surface area contributed by atoms with Crippen LogP contribution in [0.4, 0.5) is 5.69 Å². The zero-order valence-electron chi connectivity index (χ0n) is 20.6. The lowest BCUT2D eigenvalue weighted by atomic mass is 10.1. The van der Waals surface area contributed by atoms with E-state index in [-0.39, 0.29) is 16.8 Å². The van der Waals surface area contributed by atoms with Gasteiger partial charge in [0.25, 0.3) is 15.9 Å². The van der Waals surface area contributed by atoms with Crippen LogP contribution >= 0.6 is 0 Å². The van der Waals surface area contributed by atoms with Crippen molar-refractivity contribution in [1.82, 2.24) is 5.32 Å². The van der Waals surface area contributed by atoms with Crippen LogP contribution in [0.25, 0.3) is 0 Å². The molecule has 0 heterocycles. The van der Waals surface area contributed by atoms with E-state index in [1.165, 1.54) is 21.3 Å². The molecule has 35 heavy (non-hydrogen) atoms. The third-order valence-corrected chi connectivity index (χ3v) is 7.10. The van der Waals surface area contributed by atoms with Crippen molar-refractivity contribution in [3.8, 4) is 17.2 Å². The van der Waals surface area contributed by atoms with Crippen LogP contribution < -0.4 is 24.2 Å². The maximum atomic E-state index is 12.8. The molecule has 0 spiro atoms. The molecular weight excluding hydrogens is 468 g/mol. The van der Waals surface area contributed by atoms with Gasteiger partial charge >= 0.3 is 0 Å². The summed E-state index contributed by atoms with van der Waals surface area (Å²) in [4.78, 5) is 13.0. The molecular formula is C26H30N2O6S. The van der Waals surface area contributed by atoms with Crippen LogP contribution in [-0.4, -0.2) is 35.7 Å². The monoisotopic (exact) mass is 498 g/mol. The molecule has 186 valence electrons. The molecule has 3 aromatic rings. The Balaban J connectivity index is 1.73. The van der Waals surface area contributed by atoms with Crippen molar-refractivity contribution in [3.05, 3.63) is 76.9 Å². The molecule has 0 aliphatic heterocycles. The second kappa shape index (κ2) is 10.7. The van der Waals surface area contributed by atoms with Gasteiger partial charge in [0.05, 0.1) is 32.3 Å². The summed E-state index contributed by atoms with van der Waals surface area (Å²) in [5.74, 6) is 1.14. The van der Waals surface area contributed by atoms with Gasteiger partial charge in [-0.15, -0.1) is 0 Å². The third-order valence-electron chi connectivity index (χ3n) is 5.72. The Morgan fingerprint density at radius 2 is 1.43 bits per heavy atom. The first-order valence-electron chi connectivity index (χ1n) is 10.9. The van der Waals surface area contributed by atoms with Crippen molar-refractivity contribution in [2.24, 2.45) is 0 Å². The lowest BCUT2D eigenvalue weighted by molar-refractivity contribution is 0.0939. The molecule has 0 aliphatic rings. The number of hydrogen-bond donors (Lipinski definition) is 2. The summed E-state index contributed by atoms with van der Waals surface area (Å²) in [7, 11) is 0.836. The highest BCUT2D eigenvalue weighted by molar-refractivity contribution is 7.92. The van der Waals surface area contributed by atoms with Crippen molar-refractivity contribution in [2.45, 2.75) is 31.7 Å². The Morgan fingerprint density at radius 3 is 1.94 bits per heavy atom. The van der Waals surface area contributed by atoms with E-state index < -0.39 is 10.0 Å². The van der Waals surface area contributed by atoms with Crippen LogP contribution in [0.5, 0.6) is 17.2 Å². The highest BCUT2D eigenvalue weighted by Crippen LogP contribution is 2.39. The van der Waals surface area contributed by atoms with E-state index in [2.05, 4.69) is 10.0 Å². The van der Waals surface area contributed by atoms with Crippen LogP contribution in [0.3, 0.4) is 0 Å². The topological polar surface area (TPSA) is 103 Å². The second-order valence-corrected chi connectivity index (χ2v) is 9.77. The summed E-state index contributed by atoms with van der Waals surface area (Å²) >= 11 is 0. The molecule has 0 aliphatic carbocycles. The molecule has 0 radical (unpaired) electrons. The Bertz CT molecular complexity index is 1300. The minimum atomic E-state index is -3.74. The second-order valence-electron chi connectivity index (χ2n) is 8.08. The number of nitrogens with one attached hydrogen (secondary N) is 2. The van der Waals surface area contributed by atoms with Gasteiger partial charge in [-0.2, -0.15) is 0 Å². The first kappa shape index (κ1) is 25.9. The molecule has 3 aromatic carbocycles. The van der Waals surface area contributed by atoms with Crippen LogP contribution in [0.1, 0.15) is 40.0 Å². The number of carbonyl (C=O) groups is 1. The Hall–Kier alpha value is -3.72. The summed E-state index contributed by atoms with van der Waals surface area (Å²) < 4.78 is 44.1. The molecule has 0 bridgehead atoms. The average Bonchev–Trinajstić information content (AvgIpc) is 2.84. The van der Waals surface area contributed by atoms with Crippen LogP contribution in [0, 0.1) is 13.8 Å². The van der Waals surface area contributed by atoms with Crippen molar-refractivity contribution < 1.29 is 27.4 Å². The highest BCUT2D eigenvalue weighted by Gasteiger charge is 2.19. The van der Waals surface area contributed by atoms with Gasteiger partial charge in [0.2, 0.25) is 5.75 Å². The molecule has 3 rings (SSSR count). The number of benzene rings is 3. The Labute approximate surface area is 206 Å². The van der Waals surface area contributed by atoms with E-state index in [9.17, 15) is 13.2 Å². The predicted molar refractivity (Wildman–Crippen MR) is 135 cm³/mol. The first-order valence-corrected chi connectivity index (χ1v) is 12.4. The molecule has 8 nitrogen and oxygen atoms in total. The van der Waals surface area contributed by atoms with Gasteiger partial charge in [0.1, 0.15) is 0 Å². The van der Waals surface area contributed by atoms with Gasteiger partial charge in [0.15, 0.2) is 11.5 Å². The average molecular weight is 499 g/mol. The summed E-state index contributed by atoms with van der Waals surface area (Å²) in [6.45, 7) is 5.62.